The van der Waals surface area contributed by atoms with Crippen LogP contribution in [0.4, 0.5) is 0 Å². The first kappa shape index (κ1) is 11.1. The van der Waals surface area contributed by atoms with Crippen LogP contribution in [0.3, 0.4) is 0 Å². The minimum absolute atomic E-state index is 0.333. The van der Waals surface area contributed by atoms with E-state index in [1.54, 1.807) is 0 Å². The molecule has 0 radical (unpaired) electrons. The minimum Gasteiger partial charge on any atom is -0.408 e. The molecule has 1 N–H and O–H groups in total. The minimum atomic E-state index is -0.390. The Hall–Kier alpha value is -1.03. The molecule has 4 heteroatoms. The Morgan fingerprint density at radius 1 is 1.47 bits per heavy atom. The Labute approximate surface area is 107 Å². The van der Waals surface area contributed by atoms with Crippen molar-refractivity contribution in [2.24, 2.45) is 11.8 Å². The van der Waals surface area contributed by atoms with Crippen LogP contribution < -0.4 is 5.76 Å². The van der Waals surface area contributed by atoms with E-state index in [0.29, 0.717) is 16.3 Å². The molecule has 1 aliphatic carbocycles. The second kappa shape index (κ2) is 4.02. The summed E-state index contributed by atoms with van der Waals surface area (Å²) in [5, 5.41) is 0. The predicted octanol–water partition coefficient (Wildman–Crippen LogP) is 3.60. The summed E-state index contributed by atoms with van der Waals surface area (Å²) in [4.78, 5) is 14.1. The van der Waals surface area contributed by atoms with Crippen LogP contribution in [0.5, 0.6) is 0 Å². The lowest BCUT2D eigenvalue weighted by Crippen LogP contribution is -2.05. The molecule has 1 aromatic carbocycles. The van der Waals surface area contributed by atoms with Gasteiger partial charge in [-0.1, -0.05) is 28.9 Å². The summed E-state index contributed by atoms with van der Waals surface area (Å²) in [6, 6.07) is 5.90. The van der Waals surface area contributed by atoms with Crippen molar-refractivity contribution >= 4 is 27.0 Å². The van der Waals surface area contributed by atoms with Crippen LogP contribution in [0.25, 0.3) is 11.1 Å². The van der Waals surface area contributed by atoms with Crippen LogP contribution in [0.15, 0.2) is 27.4 Å². The van der Waals surface area contributed by atoms with Gasteiger partial charge in [0.2, 0.25) is 0 Å². The highest BCUT2D eigenvalue weighted by Gasteiger charge is 2.32. The van der Waals surface area contributed by atoms with Gasteiger partial charge in [-0.05, 0) is 42.4 Å². The number of aromatic amines is 1. The highest BCUT2D eigenvalue weighted by molar-refractivity contribution is 9.09. The molecule has 1 aromatic heterocycles. The average Bonchev–Trinajstić information content (AvgIpc) is 3.08. The molecule has 0 amide bonds. The molecule has 90 valence electrons. The van der Waals surface area contributed by atoms with Gasteiger partial charge < -0.3 is 4.42 Å². The van der Waals surface area contributed by atoms with E-state index in [-0.39, 0.29) is 0 Å². The number of oxazole rings is 1. The van der Waals surface area contributed by atoms with Gasteiger partial charge >= 0.3 is 5.76 Å². The summed E-state index contributed by atoms with van der Waals surface area (Å²) in [7, 11) is 0. The van der Waals surface area contributed by atoms with Gasteiger partial charge in [0, 0.05) is 4.83 Å². The fraction of sp³-hybridized carbons (Fsp3) is 0.462. The maximum Gasteiger partial charge on any atom is 0.417 e. The van der Waals surface area contributed by atoms with E-state index in [9.17, 15) is 4.79 Å². The normalized spacial score (nSPS) is 19.4. The molecule has 17 heavy (non-hydrogen) atoms. The first-order valence-electron chi connectivity index (χ1n) is 5.92. The second-order valence-electron chi connectivity index (χ2n) is 4.87. The lowest BCUT2D eigenvalue weighted by atomic mass is 9.96. The van der Waals surface area contributed by atoms with E-state index in [2.05, 4.69) is 27.8 Å². The third-order valence-corrected chi connectivity index (χ3v) is 4.95. The van der Waals surface area contributed by atoms with Crippen LogP contribution in [0, 0.1) is 11.8 Å². The molecule has 1 aliphatic rings. The van der Waals surface area contributed by atoms with E-state index in [4.69, 9.17) is 4.42 Å². The lowest BCUT2D eigenvalue weighted by Gasteiger charge is -2.17. The summed E-state index contributed by atoms with van der Waals surface area (Å²) in [6.45, 7) is 2.27. The summed E-state index contributed by atoms with van der Waals surface area (Å²) < 4.78 is 5.08. The van der Waals surface area contributed by atoms with E-state index in [0.717, 1.165) is 11.4 Å². The van der Waals surface area contributed by atoms with Gasteiger partial charge in [-0.3, -0.25) is 4.98 Å². The van der Waals surface area contributed by atoms with Gasteiger partial charge in [-0.2, -0.15) is 0 Å². The van der Waals surface area contributed by atoms with Crippen LogP contribution in [0.1, 0.15) is 30.2 Å². The van der Waals surface area contributed by atoms with E-state index in [1.807, 2.05) is 18.2 Å². The zero-order valence-corrected chi connectivity index (χ0v) is 11.2. The van der Waals surface area contributed by atoms with Gasteiger partial charge in [-0.15, -0.1) is 0 Å². The van der Waals surface area contributed by atoms with Crippen molar-refractivity contribution in [2.45, 2.75) is 24.6 Å². The number of rotatable bonds is 3. The molecule has 2 atom stereocenters. The van der Waals surface area contributed by atoms with Crippen molar-refractivity contribution < 1.29 is 4.42 Å². The maximum absolute atomic E-state index is 11.1. The third-order valence-electron chi connectivity index (χ3n) is 3.59. The number of nitrogens with one attached hydrogen (secondary N) is 1. The van der Waals surface area contributed by atoms with Gasteiger partial charge in [-0.25, -0.2) is 4.79 Å². The molecular weight excluding hydrogens is 282 g/mol. The topological polar surface area (TPSA) is 46.0 Å². The maximum atomic E-state index is 11.1. The molecule has 2 aromatic rings. The number of hydrogen-bond acceptors (Lipinski definition) is 2. The standard InChI is InChI=1S/C13H14BrNO2/c1-7(8-2-3-8)12(14)9-4-5-10-11(6-9)17-13(16)15-10/h4-8,12H,2-3H2,1H3,(H,15,16). The predicted molar refractivity (Wildman–Crippen MR) is 70.4 cm³/mol. The fourth-order valence-electron chi connectivity index (χ4n) is 2.30. The van der Waals surface area contributed by atoms with Crippen molar-refractivity contribution in [1.29, 1.82) is 0 Å². The monoisotopic (exact) mass is 295 g/mol. The van der Waals surface area contributed by atoms with Gasteiger partial charge in [0.1, 0.15) is 0 Å². The van der Waals surface area contributed by atoms with Crippen molar-refractivity contribution in [2.75, 3.05) is 0 Å². The largest absolute Gasteiger partial charge is 0.417 e. The molecule has 1 heterocycles. The Balaban J connectivity index is 1.96. The second-order valence-corrected chi connectivity index (χ2v) is 5.85. The third kappa shape index (κ3) is 2.06. The van der Waals surface area contributed by atoms with Crippen LogP contribution in [0.2, 0.25) is 0 Å². The van der Waals surface area contributed by atoms with Gasteiger partial charge in [0.05, 0.1) is 5.52 Å². The van der Waals surface area contributed by atoms with E-state index >= 15 is 0 Å². The van der Waals surface area contributed by atoms with Crippen LogP contribution in [-0.4, -0.2) is 4.98 Å². The Morgan fingerprint density at radius 2 is 2.24 bits per heavy atom. The number of halogens is 1. The highest BCUT2D eigenvalue weighted by Crippen LogP contribution is 2.46. The van der Waals surface area contributed by atoms with Crippen molar-refractivity contribution in [3.05, 3.63) is 34.3 Å². The fourth-order valence-corrected chi connectivity index (χ4v) is 3.01. The number of H-pyrrole nitrogens is 1. The lowest BCUT2D eigenvalue weighted by molar-refractivity contribution is 0.502. The number of alkyl halides is 1. The van der Waals surface area contributed by atoms with Crippen LogP contribution in [-0.2, 0) is 0 Å². The summed E-state index contributed by atoms with van der Waals surface area (Å²) in [5.74, 6) is 1.07. The quantitative estimate of drug-likeness (QED) is 0.880. The molecule has 0 saturated heterocycles. The molecule has 0 bridgehead atoms. The zero-order valence-electron chi connectivity index (χ0n) is 9.57. The van der Waals surface area contributed by atoms with E-state index in [1.165, 1.54) is 18.4 Å². The zero-order chi connectivity index (χ0) is 12.0. The molecule has 3 rings (SSSR count). The first-order chi connectivity index (χ1) is 8.15. The highest BCUT2D eigenvalue weighted by atomic mass is 79.9. The number of benzene rings is 1. The van der Waals surface area contributed by atoms with Crippen molar-refractivity contribution in [1.82, 2.24) is 4.98 Å². The Morgan fingerprint density at radius 3 is 2.94 bits per heavy atom. The molecular formula is C13H14BrNO2. The molecule has 0 spiro atoms. The molecule has 0 aliphatic heterocycles. The molecule has 2 unspecified atom stereocenters. The van der Waals surface area contributed by atoms with E-state index < -0.39 is 5.76 Å². The number of hydrogen-bond donors (Lipinski definition) is 1. The number of fused-ring (bicyclic) bond motifs is 1. The van der Waals surface area contributed by atoms with Crippen LogP contribution >= 0.6 is 15.9 Å². The SMILES string of the molecule is CC(C1CC1)C(Br)c1ccc2[nH]c(=O)oc2c1. The summed E-state index contributed by atoms with van der Waals surface area (Å²) in [5.41, 5.74) is 2.58. The number of aromatic nitrogens is 1. The van der Waals surface area contributed by atoms with Crippen molar-refractivity contribution in [3.8, 4) is 0 Å². The molecule has 3 nitrogen and oxygen atoms in total. The summed E-state index contributed by atoms with van der Waals surface area (Å²) >= 11 is 3.75. The Kier molecular flexibility index (Phi) is 2.62. The van der Waals surface area contributed by atoms with Gasteiger partial charge in [0.25, 0.3) is 0 Å². The Bertz CT molecular complexity index is 597. The average molecular weight is 296 g/mol. The smallest absolute Gasteiger partial charge is 0.408 e. The van der Waals surface area contributed by atoms with Crippen molar-refractivity contribution in [3.63, 3.8) is 0 Å². The van der Waals surface area contributed by atoms with Gasteiger partial charge in [0.15, 0.2) is 5.58 Å². The molecule has 1 fully saturated rings. The first-order valence-corrected chi connectivity index (χ1v) is 6.83. The molecule has 1 saturated carbocycles. The summed E-state index contributed by atoms with van der Waals surface area (Å²) in [6.07, 6.45) is 2.68.